The second-order valence-electron chi connectivity index (χ2n) is 3.77. The minimum atomic E-state index is -0.830. The van der Waals surface area contributed by atoms with Gasteiger partial charge >= 0.3 is 0 Å². The molecule has 0 spiro atoms. The Morgan fingerprint density at radius 3 is 2.94 bits per heavy atom. The van der Waals surface area contributed by atoms with Gasteiger partial charge in [-0.2, -0.15) is 0 Å². The maximum absolute atomic E-state index is 10.9. The van der Waals surface area contributed by atoms with Crippen molar-refractivity contribution in [3.63, 3.8) is 0 Å². The predicted octanol–water partition coefficient (Wildman–Crippen LogP) is 2.18. The zero-order valence-corrected chi connectivity index (χ0v) is 8.67. The Balaban J connectivity index is 2.45. The van der Waals surface area contributed by atoms with E-state index in [0.717, 1.165) is 0 Å². The van der Waals surface area contributed by atoms with Gasteiger partial charge in [-0.05, 0) is 18.6 Å². The topological polar surface area (TPSA) is 76.3 Å². The molecule has 1 N–H and O–H groups in total. The van der Waals surface area contributed by atoms with Gasteiger partial charge in [-0.15, -0.1) is 0 Å². The van der Waals surface area contributed by atoms with Gasteiger partial charge in [-0.25, -0.2) is 0 Å². The lowest BCUT2D eigenvalue weighted by Gasteiger charge is -2.19. The van der Waals surface area contributed by atoms with Gasteiger partial charge in [0.05, 0.1) is 11.3 Å². The molecule has 1 aromatic rings. The molecular weight excluding hydrogens is 208 g/mol. The van der Waals surface area contributed by atoms with Crippen LogP contribution in [0.4, 0.5) is 0 Å². The molecule has 0 fully saturated rings. The van der Waals surface area contributed by atoms with Crippen molar-refractivity contribution in [2.24, 2.45) is 0 Å². The van der Waals surface area contributed by atoms with Crippen molar-refractivity contribution >= 4 is 5.57 Å². The molecule has 0 aromatic carbocycles. The lowest BCUT2D eigenvalue weighted by Crippen LogP contribution is -2.25. The predicted molar refractivity (Wildman–Crippen MR) is 58.4 cm³/mol. The summed E-state index contributed by atoms with van der Waals surface area (Å²) in [6.45, 7) is 0. The smallest absolute Gasteiger partial charge is 0.243 e. The molecule has 0 saturated carbocycles. The van der Waals surface area contributed by atoms with Gasteiger partial charge in [0.1, 0.15) is 5.76 Å². The van der Waals surface area contributed by atoms with E-state index in [0.29, 0.717) is 30.5 Å². The Labute approximate surface area is 92.6 Å². The number of hydrogen-bond donors (Lipinski definition) is 1. The van der Waals surface area contributed by atoms with Gasteiger partial charge in [0.2, 0.25) is 6.04 Å². The first-order chi connectivity index (χ1) is 7.70. The minimum Gasteiger partial charge on any atom is -0.512 e. The highest BCUT2D eigenvalue weighted by atomic mass is 16.6. The van der Waals surface area contributed by atoms with Crippen LogP contribution in [0.5, 0.6) is 0 Å². The first-order valence-electron chi connectivity index (χ1n) is 5.17. The third-order valence-electron chi connectivity index (χ3n) is 2.73. The lowest BCUT2D eigenvalue weighted by atomic mass is 9.90. The summed E-state index contributed by atoms with van der Waals surface area (Å²) in [7, 11) is 0. The van der Waals surface area contributed by atoms with Crippen LogP contribution in [-0.4, -0.2) is 21.1 Å². The van der Waals surface area contributed by atoms with Gasteiger partial charge in [0.25, 0.3) is 0 Å². The zero-order chi connectivity index (χ0) is 11.5. The molecular formula is C11H12N2O3. The molecule has 1 unspecified atom stereocenters. The van der Waals surface area contributed by atoms with Gasteiger partial charge in [-0.3, -0.25) is 15.1 Å². The molecule has 1 heterocycles. The molecule has 0 radical (unpaired) electrons. The van der Waals surface area contributed by atoms with Crippen molar-refractivity contribution < 1.29 is 10.0 Å². The van der Waals surface area contributed by atoms with Crippen LogP contribution in [0, 0.1) is 10.1 Å². The molecule has 1 aliphatic rings. The standard InChI is InChI=1S/C11H12N2O3/c14-10-6-3-5-9(13(15)16)11(10)8-4-1-2-7-12-8/h1-2,4,7,9,14H,3,5-6H2. The summed E-state index contributed by atoms with van der Waals surface area (Å²) in [6, 6.07) is 4.36. The van der Waals surface area contributed by atoms with Crippen LogP contribution in [0.3, 0.4) is 0 Å². The Kier molecular flexibility index (Phi) is 2.85. The summed E-state index contributed by atoms with van der Waals surface area (Å²) < 4.78 is 0. The number of allylic oxidation sites excluding steroid dienone is 1. The highest BCUT2D eigenvalue weighted by Gasteiger charge is 2.33. The Bertz CT molecular complexity index is 428. The molecule has 1 atom stereocenters. The third kappa shape index (κ3) is 1.88. The van der Waals surface area contributed by atoms with E-state index in [1.807, 2.05) is 0 Å². The third-order valence-corrected chi connectivity index (χ3v) is 2.73. The van der Waals surface area contributed by atoms with Crippen molar-refractivity contribution in [1.82, 2.24) is 4.98 Å². The summed E-state index contributed by atoms with van der Waals surface area (Å²) >= 11 is 0. The largest absolute Gasteiger partial charge is 0.512 e. The molecule has 84 valence electrons. The van der Waals surface area contributed by atoms with E-state index in [1.165, 1.54) is 0 Å². The number of rotatable bonds is 2. The quantitative estimate of drug-likeness (QED) is 0.612. The molecule has 5 nitrogen and oxygen atoms in total. The second-order valence-corrected chi connectivity index (χ2v) is 3.77. The van der Waals surface area contributed by atoms with Crippen molar-refractivity contribution in [2.75, 3.05) is 0 Å². The van der Waals surface area contributed by atoms with Crippen LogP contribution in [-0.2, 0) is 0 Å². The Morgan fingerprint density at radius 2 is 2.31 bits per heavy atom. The minimum absolute atomic E-state index is 0.103. The number of aromatic nitrogens is 1. The highest BCUT2D eigenvalue weighted by molar-refractivity contribution is 5.68. The molecule has 0 saturated heterocycles. The lowest BCUT2D eigenvalue weighted by molar-refractivity contribution is -0.507. The Morgan fingerprint density at radius 1 is 1.50 bits per heavy atom. The Hall–Kier alpha value is -1.91. The van der Waals surface area contributed by atoms with Crippen LogP contribution in [0.25, 0.3) is 5.57 Å². The van der Waals surface area contributed by atoms with Crippen LogP contribution in [0.2, 0.25) is 0 Å². The van der Waals surface area contributed by atoms with E-state index < -0.39 is 6.04 Å². The van der Waals surface area contributed by atoms with Crippen molar-refractivity contribution in [3.8, 4) is 0 Å². The first-order valence-corrected chi connectivity index (χ1v) is 5.17. The summed E-state index contributed by atoms with van der Waals surface area (Å²) in [4.78, 5) is 14.6. The van der Waals surface area contributed by atoms with Crippen LogP contribution in [0.1, 0.15) is 25.0 Å². The molecule has 5 heteroatoms. The summed E-state index contributed by atoms with van der Waals surface area (Å²) in [5.74, 6) is 0.103. The van der Waals surface area contributed by atoms with E-state index in [1.54, 1.807) is 24.4 Å². The molecule has 1 aromatic heterocycles. The fourth-order valence-corrected chi connectivity index (χ4v) is 1.99. The number of aliphatic hydroxyl groups is 1. The summed E-state index contributed by atoms with van der Waals surface area (Å²) in [5.41, 5.74) is 0.873. The molecule has 1 aliphatic carbocycles. The van der Waals surface area contributed by atoms with Crippen LogP contribution < -0.4 is 0 Å². The molecule has 0 aliphatic heterocycles. The molecule has 2 rings (SSSR count). The fourth-order valence-electron chi connectivity index (χ4n) is 1.99. The average Bonchev–Trinajstić information content (AvgIpc) is 2.29. The van der Waals surface area contributed by atoms with Crippen molar-refractivity contribution in [3.05, 3.63) is 46.0 Å². The number of pyridine rings is 1. The van der Waals surface area contributed by atoms with Crippen molar-refractivity contribution in [1.29, 1.82) is 0 Å². The van der Waals surface area contributed by atoms with E-state index >= 15 is 0 Å². The average molecular weight is 220 g/mol. The van der Waals surface area contributed by atoms with Crippen molar-refractivity contribution in [2.45, 2.75) is 25.3 Å². The fraction of sp³-hybridized carbons (Fsp3) is 0.364. The maximum Gasteiger partial charge on any atom is 0.243 e. The molecule has 0 bridgehead atoms. The normalized spacial score (nSPS) is 20.9. The summed E-state index contributed by atoms with van der Waals surface area (Å²) in [6.07, 6.45) is 3.17. The zero-order valence-electron chi connectivity index (χ0n) is 8.67. The molecule has 0 amide bonds. The summed E-state index contributed by atoms with van der Waals surface area (Å²) in [5, 5.41) is 20.7. The number of hydrogen-bond acceptors (Lipinski definition) is 4. The van der Waals surface area contributed by atoms with Gasteiger partial charge in [-0.1, -0.05) is 6.07 Å². The van der Waals surface area contributed by atoms with Gasteiger partial charge in [0, 0.05) is 24.0 Å². The monoisotopic (exact) mass is 220 g/mol. The van der Waals surface area contributed by atoms with Crippen LogP contribution >= 0.6 is 0 Å². The van der Waals surface area contributed by atoms with Crippen LogP contribution in [0.15, 0.2) is 30.2 Å². The second kappa shape index (κ2) is 4.30. The SMILES string of the molecule is O=[N+]([O-])C1CCCC(O)=C1c1ccccn1. The van der Waals surface area contributed by atoms with E-state index in [2.05, 4.69) is 4.98 Å². The first kappa shape index (κ1) is 10.6. The highest BCUT2D eigenvalue weighted by Crippen LogP contribution is 2.31. The van der Waals surface area contributed by atoms with Gasteiger partial charge in [0.15, 0.2) is 0 Å². The number of nitrogens with zero attached hydrogens (tertiary/aromatic N) is 2. The van der Waals surface area contributed by atoms with E-state index in [-0.39, 0.29) is 10.7 Å². The number of aliphatic hydroxyl groups excluding tert-OH is 1. The number of nitro groups is 1. The van der Waals surface area contributed by atoms with E-state index in [4.69, 9.17) is 0 Å². The van der Waals surface area contributed by atoms with E-state index in [9.17, 15) is 15.2 Å². The molecule has 16 heavy (non-hydrogen) atoms. The van der Waals surface area contributed by atoms with Gasteiger partial charge < -0.3 is 5.11 Å². The maximum atomic E-state index is 10.9.